The van der Waals surface area contributed by atoms with Crippen LogP contribution >= 0.6 is 0 Å². The molecule has 278 valence electrons. The molecule has 0 N–H and O–H groups in total. The number of carbonyl (C=O) groups is 6. The Hall–Kier alpha value is -6.12. The van der Waals surface area contributed by atoms with Gasteiger partial charge in [0.25, 0.3) is 0 Å². The summed E-state index contributed by atoms with van der Waals surface area (Å²) in [5.74, 6) is -1.14. The molecule has 0 aromatic heterocycles. The van der Waals surface area contributed by atoms with Crippen molar-refractivity contribution < 1.29 is 71.4 Å². The zero-order valence-corrected chi connectivity index (χ0v) is 29.3. The average Bonchev–Trinajstić information content (AvgIpc) is 3.16. The van der Waals surface area contributed by atoms with Crippen molar-refractivity contribution in [1.82, 2.24) is 0 Å². The number of benzene rings is 3. The molecule has 0 saturated carbocycles. The molecule has 0 unspecified atom stereocenters. The number of ether oxygens (including phenoxy) is 9. The number of cyclic esters (lactones) is 6. The number of hydrogen-bond acceptors (Lipinski definition) is 15. The molecule has 3 aromatic rings. The highest BCUT2D eigenvalue weighted by atomic mass is 16.7. The second kappa shape index (κ2) is 14.1. The van der Waals surface area contributed by atoms with Crippen molar-refractivity contribution in [3.63, 3.8) is 0 Å². The smallest absolute Gasteiger partial charge is 0.433 e. The lowest BCUT2D eigenvalue weighted by Gasteiger charge is -2.33. The first-order chi connectivity index (χ1) is 25.1. The third kappa shape index (κ3) is 7.59. The molecule has 15 nitrogen and oxygen atoms in total. The lowest BCUT2D eigenvalue weighted by atomic mass is 9.71. The van der Waals surface area contributed by atoms with E-state index in [9.17, 15) is 28.8 Å². The summed E-state index contributed by atoms with van der Waals surface area (Å²) < 4.78 is 46.2. The van der Waals surface area contributed by atoms with Gasteiger partial charge in [0, 0.05) is 5.41 Å². The van der Waals surface area contributed by atoms with Gasteiger partial charge in [-0.1, -0.05) is 36.4 Å². The monoisotopic (exact) mass is 732 g/mol. The van der Waals surface area contributed by atoms with Crippen LogP contribution in [0.4, 0.5) is 14.4 Å². The Balaban J connectivity index is 1.26. The minimum Gasteiger partial charge on any atom is -0.433 e. The van der Waals surface area contributed by atoms with Crippen LogP contribution in [-0.4, -0.2) is 76.0 Å². The molecule has 3 saturated heterocycles. The molecule has 0 bridgehead atoms. The maximum atomic E-state index is 13.0. The van der Waals surface area contributed by atoms with E-state index in [2.05, 4.69) is 0 Å². The molecule has 3 fully saturated rings. The van der Waals surface area contributed by atoms with Crippen LogP contribution in [0, 0.1) is 16.2 Å². The molecule has 0 spiro atoms. The first kappa shape index (κ1) is 36.7. The van der Waals surface area contributed by atoms with E-state index in [1.807, 2.05) is 6.92 Å². The third-order valence-corrected chi connectivity index (χ3v) is 9.46. The number of hydrogen-bond donors (Lipinski definition) is 0. The van der Waals surface area contributed by atoms with Gasteiger partial charge in [-0.15, -0.1) is 0 Å². The Bertz CT molecular complexity index is 1660. The van der Waals surface area contributed by atoms with E-state index < -0.39 is 58.0 Å². The highest BCUT2D eigenvalue weighted by molar-refractivity contribution is 5.82. The van der Waals surface area contributed by atoms with Crippen molar-refractivity contribution in [3.05, 3.63) is 89.5 Å². The SMILES string of the molecule is CC1(C(=O)Oc2ccc(C(C)(c3ccc(OC(=O)C4(C)COC(=O)OC4)cc3)c3ccc(OC(=O)C4(C)COC(=O)OC4)cc3)cc2)COC(=O)OC1. The quantitative estimate of drug-likeness (QED) is 0.120. The van der Waals surface area contributed by atoms with E-state index >= 15 is 0 Å². The van der Waals surface area contributed by atoms with Crippen molar-refractivity contribution >= 4 is 36.4 Å². The lowest BCUT2D eigenvalue weighted by Crippen LogP contribution is -2.45. The fraction of sp³-hybridized carbons (Fsp3) is 0.368. The first-order valence-corrected chi connectivity index (χ1v) is 16.5. The van der Waals surface area contributed by atoms with Crippen molar-refractivity contribution in [2.45, 2.75) is 33.1 Å². The predicted octanol–water partition coefficient (Wildman–Crippen LogP) is 5.28. The molecule has 3 aliphatic heterocycles. The summed E-state index contributed by atoms with van der Waals surface area (Å²) in [6, 6.07) is 20.6. The van der Waals surface area contributed by atoms with E-state index in [1.54, 1.807) is 93.6 Å². The number of carbonyl (C=O) groups excluding carboxylic acids is 6. The standard InChI is InChI=1S/C38H36O15/c1-35(17-45-32(42)46-18-35)29(39)51-26-11-5-23(6-12-26)38(4,24-7-13-27(14-8-24)52-30(40)36(2)19-47-33(43)48-20-36)25-9-15-28(16-10-25)53-31(41)37(3)21-49-34(44)50-22-37/h5-16H,17-22H2,1-4H3. The van der Waals surface area contributed by atoms with Gasteiger partial charge in [-0.25, -0.2) is 14.4 Å². The molecule has 53 heavy (non-hydrogen) atoms. The topological polar surface area (TPSA) is 185 Å². The molecule has 3 aliphatic rings. The Labute approximate surface area is 303 Å². The highest BCUT2D eigenvalue weighted by Crippen LogP contribution is 2.41. The van der Waals surface area contributed by atoms with Crippen molar-refractivity contribution in [3.8, 4) is 17.2 Å². The molecular weight excluding hydrogens is 696 g/mol. The average molecular weight is 733 g/mol. The Morgan fingerprint density at radius 3 is 0.868 bits per heavy atom. The number of rotatable bonds is 9. The number of esters is 3. The zero-order chi connectivity index (χ0) is 38.0. The van der Waals surface area contributed by atoms with Crippen LogP contribution in [-0.2, 0) is 48.2 Å². The fourth-order valence-corrected chi connectivity index (χ4v) is 5.67. The van der Waals surface area contributed by atoms with Crippen molar-refractivity contribution in [1.29, 1.82) is 0 Å². The third-order valence-electron chi connectivity index (χ3n) is 9.46. The summed E-state index contributed by atoms with van der Waals surface area (Å²) in [6.07, 6.45) is -2.55. The summed E-state index contributed by atoms with van der Waals surface area (Å²) in [6.45, 7) is 5.60. The van der Waals surface area contributed by atoms with E-state index in [1.165, 1.54) is 0 Å². The van der Waals surface area contributed by atoms with E-state index in [0.29, 0.717) is 0 Å². The Morgan fingerprint density at radius 1 is 0.453 bits per heavy atom. The van der Waals surface area contributed by atoms with Gasteiger partial charge in [0.1, 0.15) is 73.1 Å². The summed E-state index contributed by atoms with van der Waals surface area (Å²) >= 11 is 0. The molecule has 0 amide bonds. The van der Waals surface area contributed by atoms with Gasteiger partial charge in [-0.2, -0.15) is 0 Å². The van der Waals surface area contributed by atoms with Gasteiger partial charge in [0.15, 0.2) is 0 Å². The predicted molar refractivity (Wildman–Crippen MR) is 178 cm³/mol. The summed E-state index contributed by atoms with van der Waals surface area (Å²) in [7, 11) is 0. The normalized spacial score (nSPS) is 18.7. The van der Waals surface area contributed by atoms with Crippen LogP contribution in [0.5, 0.6) is 17.2 Å². The minimum atomic E-state index is -1.19. The molecule has 3 heterocycles. The fourth-order valence-electron chi connectivity index (χ4n) is 5.67. The maximum absolute atomic E-state index is 13.0. The zero-order valence-electron chi connectivity index (χ0n) is 29.3. The van der Waals surface area contributed by atoms with Crippen LogP contribution in [0.2, 0.25) is 0 Å². The van der Waals surface area contributed by atoms with Gasteiger partial charge in [0.05, 0.1) is 0 Å². The summed E-state index contributed by atoms with van der Waals surface area (Å²) in [4.78, 5) is 72.9. The largest absolute Gasteiger partial charge is 0.508 e. The molecule has 0 radical (unpaired) electrons. The second-order valence-corrected chi connectivity index (χ2v) is 14.0. The van der Waals surface area contributed by atoms with E-state index in [4.69, 9.17) is 42.6 Å². The van der Waals surface area contributed by atoms with Crippen LogP contribution in [0.3, 0.4) is 0 Å². The first-order valence-electron chi connectivity index (χ1n) is 16.5. The van der Waals surface area contributed by atoms with Crippen LogP contribution in [0.25, 0.3) is 0 Å². The lowest BCUT2D eigenvalue weighted by molar-refractivity contribution is -0.157. The second-order valence-electron chi connectivity index (χ2n) is 14.0. The van der Waals surface area contributed by atoms with Gasteiger partial charge in [-0.3, -0.25) is 14.4 Å². The Kier molecular flexibility index (Phi) is 9.77. The molecule has 6 rings (SSSR count). The molecular formula is C38H36O15. The molecule has 0 atom stereocenters. The van der Waals surface area contributed by atoms with Crippen molar-refractivity contribution in [2.24, 2.45) is 16.2 Å². The Morgan fingerprint density at radius 2 is 0.660 bits per heavy atom. The van der Waals surface area contributed by atoms with Crippen LogP contribution in [0.15, 0.2) is 72.8 Å². The van der Waals surface area contributed by atoms with Gasteiger partial charge in [0.2, 0.25) is 0 Å². The highest BCUT2D eigenvalue weighted by Gasteiger charge is 2.44. The van der Waals surface area contributed by atoms with Crippen molar-refractivity contribution in [2.75, 3.05) is 39.6 Å². The van der Waals surface area contributed by atoms with Gasteiger partial charge < -0.3 is 42.6 Å². The van der Waals surface area contributed by atoms with Crippen LogP contribution in [0.1, 0.15) is 44.4 Å². The van der Waals surface area contributed by atoms with Crippen LogP contribution < -0.4 is 14.2 Å². The molecule has 15 heteroatoms. The molecule has 0 aliphatic carbocycles. The summed E-state index contributed by atoms with van der Waals surface area (Å²) in [5.41, 5.74) is -2.11. The van der Waals surface area contributed by atoms with E-state index in [-0.39, 0.29) is 56.9 Å². The van der Waals surface area contributed by atoms with Gasteiger partial charge in [-0.05, 0) is 80.8 Å². The molecule has 3 aromatic carbocycles. The van der Waals surface area contributed by atoms with Gasteiger partial charge >= 0.3 is 36.4 Å². The van der Waals surface area contributed by atoms with E-state index in [0.717, 1.165) is 16.7 Å². The minimum absolute atomic E-state index is 0.182. The maximum Gasteiger partial charge on any atom is 0.508 e. The summed E-state index contributed by atoms with van der Waals surface area (Å²) in [5, 5.41) is 0.